The molecule has 0 aliphatic heterocycles. The van der Waals surface area contributed by atoms with Gasteiger partial charge in [-0.05, 0) is 36.4 Å². The molecular formula is C14H10N2OS. The van der Waals surface area contributed by atoms with Gasteiger partial charge in [-0.2, -0.15) is 5.26 Å². The maximum absolute atomic E-state index is 12.1. The van der Waals surface area contributed by atoms with E-state index in [1.165, 1.54) is 4.31 Å². The summed E-state index contributed by atoms with van der Waals surface area (Å²) in [6, 6.07) is 17.6. The SMILES string of the molecule is N#Cc1ccc(N(S)C(=O)c2ccccc2)cc1. The second-order valence-electron chi connectivity index (χ2n) is 3.64. The van der Waals surface area contributed by atoms with Crippen LogP contribution in [0.5, 0.6) is 0 Å². The molecular weight excluding hydrogens is 244 g/mol. The van der Waals surface area contributed by atoms with Crippen LogP contribution in [0.2, 0.25) is 0 Å². The normalized spacial score (nSPS) is 9.56. The highest BCUT2D eigenvalue weighted by Crippen LogP contribution is 2.19. The van der Waals surface area contributed by atoms with Crippen molar-refractivity contribution in [2.24, 2.45) is 0 Å². The Hall–Kier alpha value is -2.25. The van der Waals surface area contributed by atoms with Gasteiger partial charge in [0.15, 0.2) is 0 Å². The van der Waals surface area contributed by atoms with Crippen LogP contribution in [0.3, 0.4) is 0 Å². The van der Waals surface area contributed by atoms with Gasteiger partial charge in [0.25, 0.3) is 5.91 Å². The van der Waals surface area contributed by atoms with E-state index < -0.39 is 0 Å². The molecule has 18 heavy (non-hydrogen) atoms. The lowest BCUT2D eigenvalue weighted by Crippen LogP contribution is -2.20. The first-order chi connectivity index (χ1) is 8.72. The maximum atomic E-state index is 12.1. The molecule has 0 bridgehead atoms. The molecule has 0 heterocycles. The molecule has 0 saturated carbocycles. The van der Waals surface area contributed by atoms with E-state index in [4.69, 9.17) is 5.26 Å². The highest BCUT2D eigenvalue weighted by atomic mass is 32.1. The van der Waals surface area contributed by atoms with Crippen LogP contribution in [-0.4, -0.2) is 5.91 Å². The topological polar surface area (TPSA) is 44.1 Å². The summed E-state index contributed by atoms with van der Waals surface area (Å²) < 4.78 is 1.26. The van der Waals surface area contributed by atoms with Crippen molar-refractivity contribution in [1.82, 2.24) is 0 Å². The Bertz CT molecular complexity index is 587. The lowest BCUT2D eigenvalue weighted by Gasteiger charge is -2.15. The van der Waals surface area contributed by atoms with Crippen molar-refractivity contribution in [3.63, 3.8) is 0 Å². The average Bonchev–Trinajstić information content (AvgIpc) is 2.47. The Balaban J connectivity index is 2.23. The molecule has 0 atom stereocenters. The quantitative estimate of drug-likeness (QED) is 0.837. The predicted octanol–water partition coefficient (Wildman–Crippen LogP) is 3.05. The number of carbonyl (C=O) groups excluding carboxylic acids is 1. The molecule has 0 saturated heterocycles. The average molecular weight is 254 g/mol. The zero-order valence-electron chi connectivity index (χ0n) is 9.45. The number of amides is 1. The minimum atomic E-state index is -0.205. The zero-order valence-corrected chi connectivity index (χ0v) is 10.3. The van der Waals surface area contributed by atoms with E-state index in [2.05, 4.69) is 12.8 Å². The van der Waals surface area contributed by atoms with Crippen LogP contribution in [0.15, 0.2) is 54.6 Å². The van der Waals surface area contributed by atoms with Gasteiger partial charge in [-0.25, -0.2) is 0 Å². The summed E-state index contributed by atoms with van der Waals surface area (Å²) in [4.78, 5) is 12.1. The lowest BCUT2D eigenvalue weighted by atomic mass is 10.2. The molecule has 0 aliphatic carbocycles. The van der Waals surface area contributed by atoms with E-state index in [0.717, 1.165) is 0 Å². The van der Waals surface area contributed by atoms with Crippen LogP contribution < -0.4 is 4.31 Å². The molecule has 4 heteroatoms. The molecule has 0 spiro atoms. The van der Waals surface area contributed by atoms with Gasteiger partial charge in [-0.3, -0.25) is 9.10 Å². The zero-order chi connectivity index (χ0) is 13.0. The maximum Gasteiger partial charge on any atom is 0.268 e. The van der Waals surface area contributed by atoms with Crippen LogP contribution in [-0.2, 0) is 0 Å². The largest absolute Gasteiger partial charge is 0.268 e. The van der Waals surface area contributed by atoms with Gasteiger partial charge in [-0.15, -0.1) is 0 Å². The number of anilines is 1. The summed E-state index contributed by atoms with van der Waals surface area (Å²) in [5.41, 5.74) is 1.75. The van der Waals surface area contributed by atoms with Crippen molar-refractivity contribution in [3.8, 4) is 6.07 Å². The van der Waals surface area contributed by atoms with E-state index in [1.54, 1.807) is 48.5 Å². The summed E-state index contributed by atoms with van der Waals surface area (Å²) in [7, 11) is 0. The molecule has 0 radical (unpaired) electrons. The van der Waals surface area contributed by atoms with Crippen molar-refractivity contribution in [2.45, 2.75) is 0 Å². The Labute approximate surface area is 111 Å². The third-order valence-corrected chi connectivity index (χ3v) is 2.87. The highest BCUT2D eigenvalue weighted by Gasteiger charge is 2.13. The van der Waals surface area contributed by atoms with Gasteiger partial charge in [-0.1, -0.05) is 31.0 Å². The van der Waals surface area contributed by atoms with E-state index in [1.807, 2.05) is 12.1 Å². The van der Waals surface area contributed by atoms with Crippen molar-refractivity contribution >= 4 is 24.4 Å². The number of nitriles is 1. The standard InChI is InChI=1S/C14H10N2OS/c15-10-11-6-8-13(9-7-11)16(18)14(17)12-4-2-1-3-5-12/h1-9,18H. The lowest BCUT2D eigenvalue weighted by molar-refractivity contribution is 0.101. The number of rotatable bonds is 2. The van der Waals surface area contributed by atoms with E-state index >= 15 is 0 Å². The molecule has 3 nitrogen and oxygen atoms in total. The van der Waals surface area contributed by atoms with Gasteiger partial charge in [0.05, 0.1) is 17.3 Å². The van der Waals surface area contributed by atoms with Crippen LogP contribution in [0.25, 0.3) is 0 Å². The monoisotopic (exact) mass is 254 g/mol. The minimum Gasteiger partial charge on any atom is -0.268 e. The predicted molar refractivity (Wildman–Crippen MR) is 73.4 cm³/mol. The van der Waals surface area contributed by atoms with Gasteiger partial charge in [0, 0.05) is 5.56 Å². The molecule has 2 aromatic rings. The number of hydrogen-bond acceptors (Lipinski definition) is 3. The molecule has 0 aromatic heterocycles. The highest BCUT2D eigenvalue weighted by molar-refractivity contribution is 7.82. The van der Waals surface area contributed by atoms with Gasteiger partial charge < -0.3 is 0 Å². The molecule has 0 aliphatic rings. The fourth-order valence-corrected chi connectivity index (χ4v) is 1.75. The van der Waals surface area contributed by atoms with Gasteiger partial charge in [0.2, 0.25) is 0 Å². The smallest absolute Gasteiger partial charge is 0.268 e. The molecule has 88 valence electrons. The van der Waals surface area contributed by atoms with Gasteiger partial charge in [0.1, 0.15) is 0 Å². The van der Waals surface area contributed by atoms with Crippen LogP contribution in [0, 0.1) is 11.3 Å². The van der Waals surface area contributed by atoms with E-state index in [-0.39, 0.29) is 5.91 Å². The molecule has 0 unspecified atom stereocenters. The van der Waals surface area contributed by atoms with E-state index in [0.29, 0.717) is 16.8 Å². The summed E-state index contributed by atoms with van der Waals surface area (Å²) in [5, 5.41) is 8.70. The second-order valence-corrected chi connectivity index (χ2v) is 4.04. The number of nitrogens with zero attached hydrogens (tertiary/aromatic N) is 2. The third kappa shape index (κ3) is 2.53. The minimum absolute atomic E-state index is 0.205. The number of benzene rings is 2. The van der Waals surface area contributed by atoms with Crippen molar-refractivity contribution < 1.29 is 4.79 Å². The molecule has 0 fully saturated rings. The Morgan fingerprint density at radius 1 is 1.06 bits per heavy atom. The van der Waals surface area contributed by atoms with Crippen LogP contribution in [0.4, 0.5) is 5.69 Å². The Morgan fingerprint density at radius 3 is 2.22 bits per heavy atom. The number of hydrogen-bond donors (Lipinski definition) is 1. The fourth-order valence-electron chi connectivity index (χ4n) is 1.50. The van der Waals surface area contributed by atoms with Crippen LogP contribution >= 0.6 is 12.8 Å². The third-order valence-electron chi connectivity index (χ3n) is 2.45. The summed E-state index contributed by atoms with van der Waals surface area (Å²) in [5.74, 6) is -0.205. The molecule has 1 amide bonds. The molecule has 0 N–H and O–H groups in total. The second kappa shape index (κ2) is 5.39. The first-order valence-electron chi connectivity index (χ1n) is 5.31. The fraction of sp³-hybridized carbons (Fsp3) is 0. The van der Waals surface area contributed by atoms with Crippen molar-refractivity contribution in [3.05, 3.63) is 65.7 Å². The first-order valence-corrected chi connectivity index (χ1v) is 5.71. The molecule has 2 aromatic carbocycles. The summed E-state index contributed by atoms with van der Waals surface area (Å²) in [6.07, 6.45) is 0. The first kappa shape index (κ1) is 12.2. The Morgan fingerprint density at radius 2 is 1.67 bits per heavy atom. The summed E-state index contributed by atoms with van der Waals surface area (Å²) >= 11 is 4.19. The van der Waals surface area contributed by atoms with E-state index in [9.17, 15) is 4.79 Å². The van der Waals surface area contributed by atoms with Crippen molar-refractivity contribution in [2.75, 3.05) is 4.31 Å². The van der Waals surface area contributed by atoms with Crippen LogP contribution in [0.1, 0.15) is 15.9 Å². The Kier molecular flexibility index (Phi) is 3.66. The van der Waals surface area contributed by atoms with Crippen molar-refractivity contribution in [1.29, 1.82) is 5.26 Å². The van der Waals surface area contributed by atoms with Gasteiger partial charge >= 0.3 is 0 Å². The number of thiol groups is 1. The summed E-state index contributed by atoms with van der Waals surface area (Å²) in [6.45, 7) is 0. The molecule has 2 rings (SSSR count). The number of carbonyl (C=O) groups is 1.